The van der Waals surface area contributed by atoms with Crippen molar-refractivity contribution >= 4 is 0 Å². The second kappa shape index (κ2) is 8.04. The van der Waals surface area contributed by atoms with Gasteiger partial charge >= 0.3 is 0 Å². The third kappa shape index (κ3) is 5.83. The summed E-state index contributed by atoms with van der Waals surface area (Å²) in [6.45, 7) is 10.2. The average molecular weight is 229 g/mol. The Bertz CT molecular complexity index is 169. The minimum absolute atomic E-state index is 0.317. The van der Waals surface area contributed by atoms with Gasteiger partial charge in [0.25, 0.3) is 0 Å². The van der Waals surface area contributed by atoms with Crippen LogP contribution in [0.4, 0.5) is 0 Å². The van der Waals surface area contributed by atoms with Gasteiger partial charge in [-0.15, -0.1) is 0 Å². The van der Waals surface area contributed by atoms with Crippen molar-refractivity contribution in [1.29, 1.82) is 0 Å². The summed E-state index contributed by atoms with van der Waals surface area (Å²) in [6.07, 6.45) is 3.81. The predicted octanol–water partition coefficient (Wildman–Crippen LogP) is 2.21. The summed E-state index contributed by atoms with van der Waals surface area (Å²) >= 11 is 0. The molecule has 0 aromatic heterocycles. The molecule has 0 radical (unpaired) electrons. The first-order valence-electron chi connectivity index (χ1n) is 6.65. The molecule has 0 aliphatic carbocycles. The van der Waals surface area contributed by atoms with Crippen LogP contribution < -0.4 is 5.32 Å². The molecule has 3 nitrogen and oxygen atoms in total. The summed E-state index contributed by atoms with van der Waals surface area (Å²) in [5, 5.41) is 3.47. The molecule has 1 heterocycles. The van der Waals surface area contributed by atoms with E-state index in [1.807, 2.05) is 0 Å². The van der Waals surface area contributed by atoms with Crippen LogP contribution >= 0.6 is 0 Å². The summed E-state index contributed by atoms with van der Waals surface area (Å²) in [5.41, 5.74) is 0. The van der Waals surface area contributed by atoms with Crippen molar-refractivity contribution in [2.24, 2.45) is 5.92 Å². The first kappa shape index (κ1) is 13.9. The van der Waals surface area contributed by atoms with Crippen LogP contribution in [-0.2, 0) is 9.47 Å². The SMILES string of the molecule is CCC(C)NCC(C)OCC1CCOCC1. The molecule has 1 aliphatic rings. The Kier molecular flexibility index (Phi) is 7.01. The van der Waals surface area contributed by atoms with Crippen LogP contribution in [0, 0.1) is 5.92 Å². The molecule has 96 valence electrons. The summed E-state index contributed by atoms with van der Waals surface area (Å²) in [6, 6.07) is 0.592. The maximum absolute atomic E-state index is 5.86. The maximum atomic E-state index is 5.86. The van der Waals surface area contributed by atoms with Gasteiger partial charge < -0.3 is 14.8 Å². The molecule has 1 N–H and O–H groups in total. The Morgan fingerprint density at radius 2 is 2.00 bits per heavy atom. The van der Waals surface area contributed by atoms with Crippen molar-refractivity contribution in [2.75, 3.05) is 26.4 Å². The summed E-state index contributed by atoms with van der Waals surface area (Å²) < 4.78 is 11.2. The van der Waals surface area contributed by atoms with E-state index in [0.29, 0.717) is 18.1 Å². The Labute approximate surface area is 99.9 Å². The molecular weight excluding hydrogens is 202 g/mol. The molecule has 16 heavy (non-hydrogen) atoms. The standard InChI is InChI=1S/C13H27NO2/c1-4-11(2)14-9-12(3)16-10-13-5-7-15-8-6-13/h11-14H,4-10H2,1-3H3. The number of nitrogens with one attached hydrogen (secondary N) is 1. The van der Waals surface area contributed by atoms with E-state index < -0.39 is 0 Å². The fourth-order valence-corrected chi connectivity index (χ4v) is 1.78. The van der Waals surface area contributed by atoms with Gasteiger partial charge in [-0.1, -0.05) is 6.92 Å². The van der Waals surface area contributed by atoms with Crippen molar-refractivity contribution < 1.29 is 9.47 Å². The Balaban J connectivity index is 2.02. The van der Waals surface area contributed by atoms with Crippen LogP contribution in [0.3, 0.4) is 0 Å². The van der Waals surface area contributed by atoms with Crippen LogP contribution in [0.25, 0.3) is 0 Å². The zero-order valence-corrected chi connectivity index (χ0v) is 11.0. The molecule has 0 amide bonds. The molecule has 0 aromatic rings. The second-order valence-corrected chi connectivity index (χ2v) is 4.92. The van der Waals surface area contributed by atoms with Crippen molar-refractivity contribution in [3.63, 3.8) is 0 Å². The van der Waals surface area contributed by atoms with Crippen LogP contribution in [-0.4, -0.2) is 38.5 Å². The zero-order valence-electron chi connectivity index (χ0n) is 11.0. The van der Waals surface area contributed by atoms with E-state index in [2.05, 4.69) is 26.1 Å². The highest BCUT2D eigenvalue weighted by Gasteiger charge is 2.15. The lowest BCUT2D eigenvalue weighted by atomic mass is 10.0. The average Bonchev–Trinajstić information content (AvgIpc) is 2.34. The van der Waals surface area contributed by atoms with Crippen molar-refractivity contribution in [2.45, 2.75) is 52.2 Å². The largest absolute Gasteiger partial charge is 0.381 e. The lowest BCUT2D eigenvalue weighted by Gasteiger charge is -2.24. The maximum Gasteiger partial charge on any atom is 0.0671 e. The van der Waals surface area contributed by atoms with Crippen LogP contribution in [0.15, 0.2) is 0 Å². The zero-order chi connectivity index (χ0) is 11.8. The quantitative estimate of drug-likeness (QED) is 0.726. The summed E-state index contributed by atoms with van der Waals surface area (Å²) in [5.74, 6) is 0.708. The summed E-state index contributed by atoms with van der Waals surface area (Å²) in [4.78, 5) is 0. The van der Waals surface area contributed by atoms with Crippen molar-refractivity contribution in [3.05, 3.63) is 0 Å². The van der Waals surface area contributed by atoms with E-state index in [4.69, 9.17) is 9.47 Å². The van der Waals surface area contributed by atoms with Gasteiger partial charge in [0.1, 0.15) is 0 Å². The molecule has 1 aliphatic heterocycles. The number of ether oxygens (including phenoxy) is 2. The van der Waals surface area contributed by atoms with E-state index in [9.17, 15) is 0 Å². The molecule has 2 atom stereocenters. The molecule has 2 unspecified atom stereocenters. The lowest BCUT2D eigenvalue weighted by molar-refractivity contribution is -0.00490. The highest BCUT2D eigenvalue weighted by atomic mass is 16.5. The van der Waals surface area contributed by atoms with Crippen LogP contribution in [0.2, 0.25) is 0 Å². The Morgan fingerprint density at radius 1 is 1.31 bits per heavy atom. The molecule has 1 fully saturated rings. The monoisotopic (exact) mass is 229 g/mol. The van der Waals surface area contributed by atoms with Gasteiger partial charge in [0.2, 0.25) is 0 Å². The van der Waals surface area contributed by atoms with Gasteiger partial charge in [-0.05, 0) is 39.0 Å². The number of hydrogen-bond donors (Lipinski definition) is 1. The fraction of sp³-hybridized carbons (Fsp3) is 1.00. The van der Waals surface area contributed by atoms with Crippen LogP contribution in [0.5, 0.6) is 0 Å². The topological polar surface area (TPSA) is 30.5 Å². The Hall–Kier alpha value is -0.120. The fourth-order valence-electron chi connectivity index (χ4n) is 1.78. The van der Waals surface area contributed by atoms with E-state index in [-0.39, 0.29) is 0 Å². The Morgan fingerprint density at radius 3 is 2.62 bits per heavy atom. The molecule has 1 rings (SSSR count). The third-order valence-corrected chi connectivity index (χ3v) is 3.32. The highest BCUT2D eigenvalue weighted by Crippen LogP contribution is 2.15. The van der Waals surface area contributed by atoms with Gasteiger partial charge in [-0.3, -0.25) is 0 Å². The van der Waals surface area contributed by atoms with Gasteiger partial charge in [-0.25, -0.2) is 0 Å². The van der Waals surface area contributed by atoms with Crippen molar-refractivity contribution in [1.82, 2.24) is 5.32 Å². The second-order valence-electron chi connectivity index (χ2n) is 4.92. The minimum Gasteiger partial charge on any atom is -0.381 e. The first-order chi connectivity index (χ1) is 7.72. The van der Waals surface area contributed by atoms with Gasteiger partial charge in [0.15, 0.2) is 0 Å². The minimum atomic E-state index is 0.317. The van der Waals surface area contributed by atoms with Gasteiger partial charge in [0.05, 0.1) is 6.10 Å². The van der Waals surface area contributed by atoms with E-state index in [0.717, 1.165) is 39.2 Å². The molecule has 0 spiro atoms. The number of hydrogen-bond acceptors (Lipinski definition) is 3. The number of rotatable bonds is 7. The van der Waals surface area contributed by atoms with Gasteiger partial charge in [-0.2, -0.15) is 0 Å². The van der Waals surface area contributed by atoms with E-state index in [1.54, 1.807) is 0 Å². The van der Waals surface area contributed by atoms with Crippen LogP contribution in [0.1, 0.15) is 40.0 Å². The van der Waals surface area contributed by atoms with E-state index >= 15 is 0 Å². The molecule has 3 heteroatoms. The normalized spacial score (nSPS) is 21.9. The molecular formula is C13H27NO2. The molecule has 0 saturated carbocycles. The third-order valence-electron chi connectivity index (χ3n) is 3.32. The molecule has 0 aromatic carbocycles. The lowest BCUT2D eigenvalue weighted by Crippen LogP contribution is -2.34. The van der Waals surface area contributed by atoms with Gasteiger partial charge in [0, 0.05) is 32.4 Å². The highest BCUT2D eigenvalue weighted by molar-refractivity contribution is 4.65. The van der Waals surface area contributed by atoms with Crippen molar-refractivity contribution in [3.8, 4) is 0 Å². The van der Waals surface area contributed by atoms with E-state index in [1.165, 1.54) is 6.42 Å². The molecule has 0 bridgehead atoms. The smallest absolute Gasteiger partial charge is 0.0671 e. The summed E-state index contributed by atoms with van der Waals surface area (Å²) in [7, 11) is 0. The first-order valence-corrected chi connectivity index (χ1v) is 6.65. The molecule has 1 saturated heterocycles. The predicted molar refractivity (Wildman–Crippen MR) is 66.7 cm³/mol.